The summed E-state index contributed by atoms with van der Waals surface area (Å²) in [5.41, 5.74) is 1.04. The van der Waals surface area contributed by atoms with Gasteiger partial charge in [-0.15, -0.1) is 0 Å². The molecule has 0 fully saturated rings. The molecule has 0 saturated carbocycles. The molecule has 0 spiro atoms. The Labute approximate surface area is 89.4 Å². The van der Waals surface area contributed by atoms with Crippen LogP contribution in [0.25, 0.3) is 0 Å². The number of halogens is 3. The zero-order chi connectivity index (χ0) is 10.7. The number of aryl methyl sites for hydroxylation is 1. The van der Waals surface area contributed by atoms with Crippen molar-refractivity contribution in [2.45, 2.75) is 18.7 Å². The molecule has 2 nitrogen and oxygen atoms in total. The van der Waals surface area contributed by atoms with Crippen molar-refractivity contribution in [3.8, 4) is 5.88 Å². The number of rotatable bonds is 3. The lowest BCUT2D eigenvalue weighted by atomic mass is 10.1. The van der Waals surface area contributed by atoms with Gasteiger partial charge in [0.15, 0.2) is 0 Å². The Bertz CT molecular complexity index is 331. The first-order valence-corrected chi connectivity index (χ1v) is 5.10. The monoisotopic (exact) mass is 265 g/mol. The number of aromatic nitrogens is 1. The third-order valence-electron chi connectivity index (χ3n) is 1.84. The summed E-state index contributed by atoms with van der Waals surface area (Å²) in [5, 5.41) is 0.535. The van der Waals surface area contributed by atoms with Gasteiger partial charge in [0.05, 0.1) is 7.11 Å². The van der Waals surface area contributed by atoms with Gasteiger partial charge in [-0.2, -0.15) is 0 Å². The molecule has 0 bridgehead atoms. The fourth-order valence-electron chi connectivity index (χ4n) is 1.16. The van der Waals surface area contributed by atoms with Crippen molar-refractivity contribution < 1.29 is 13.5 Å². The molecule has 0 aliphatic carbocycles. The van der Waals surface area contributed by atoms with Crippen LogP contribution in [0.4, 0.5) is 8.78 Å². The molecular formula is C9H10BrF2NO. The molecule has 1 aromatic rings. The van der Waals surface area contributed by atoms with E-state index < -0.39 is 6.43 Å². The Morgan fingerprint density at radius 2 is 2.21 bits per heavy atom. The number of pyridine rings is 1. The van der Waals surface area contributed by atoms with Gasteiger partial charge in [0.25, 0.3) is 6.43 Å². The Morgan fingerprint density at radius 1 is 1.57 bits per heavy atom. The lowest BCUT2D eigenvalue weighted by Gasteiger charge is -2.10. The fraction of sp³-hybridized carbons (Fsp3) is 0.444. The summed E-state index contributed by atoms with van der Waals surface area (Å²) in [6.45, 7) is 1.61. The Hall–Kier alpha value is -0.710. The van der Waals surface area contributed by atoms with Gasteiger partial charge in [-0.1, -0.05) is 15.9 Å². The molecule has 0 aromatic carbocycles. The molecule has 0 radical (unpaired) electrons. The van der Waals surface area contributed by atoms with Crippen LogP contribution in [0.2, 0.25) is 0 Å². The predicted octanol–water partition coefficient (Wildman–Crippen LogP) is 3.23. The van der Waals surface area contributed by atoms with Crippen molar-refractivity contribution in [3.63, 3.8) is 0 Å². The fourth-order valence-corrected chi connectivity index (χ4v) is 1.56. The van der Waals surface area contributed by atoms with Crippen LogP contribution in [0.1, 0.15) is 23.2 Å². The lowest BCUT2D eigenvalue weighted by molar-refractivity contribution is 0.144. The highest BCUT2D eigenvalue weighted by atomic mass is 79.9. The second-order valence-electron chi connectivity index (χ2n) is 2.79. The van der Waals surface area contributed by atoms with E-state index in [0.717, 1.165) is 5.56 Å². The summed E-state index contributed by atoms with van der Waals surface area (Å²) in [5.74, 6) is 0.253. The van der Waals surface area contributed by atoms with Crippen molar-refractivity contribution in [1.82, 2.24) is 4.98 Å². The van der Waals surface area contributed by atoms with Crippen LogP contribution in [0.5, 0.6) is 5.88 Å². The van der Waals surface area contributed by atoms with E-state index in [1.807, 2.05) is 0 Å². The number of hydrogen-bond acceptors (Lipinski definition) is 2. The van der Waals surface area contributed by atoms with Gasteiger partial charge in [-0.25, -0.2) is 13.8 Å². The molecule has 0 unspecified atom stereocenters. The van der Waals surface area contributed by atoms with Crippen molar-refractivity contribution in [2.24, 2.45) is 0 Å². The minimum atomic E-state index is -2.56. The molecule has 78 valence electrons. The Morgan fingerprint density at radius 3 is 2.64 bits per heavy atom. The summed E-state index contributed by atoms with van der Waals surface area (Å²) in [6, 6.07) is 1.65. The molecule has 0 aliphatic heterocycles. The largest absolute Gasteiger partial charge is 0.481 e. The lowest BCUT2D eigenvalue weighted by Crippen LogP contribution is -2.01. The smallest absolute Gasteiger partial charge is 0.280 e. The number of alkyl halides is 3. The van der Waals surface area contributed by atoms with Gasteiger partial charge in [0, 0.05) is 10.9 Å². The van der Waals surface area contributed by atoms with Crippen LogP contribution in [-0.4, -0.2) is 12.1 Å². The zero-order valence-electron chi connectivity index (χ0n) is 7.85. The number of methoxy groups -OCH3 is 1. The highest BCUT2D eigenvalue weighted by Crippen LogP contribution is 2.27. The van der Waals surface area contributed by atoms with Crippen molar-refractivity contribution in [3.05, 3.63) is 22.9 Å². The van der Waals surface area contributed by atoms with Crippen LogP contribution >= 0.6 is 15.9 Å². The van der Waals surface area contributed by atoms with Crippen LogP contribution in [0, 0.1) is 6.92 Å². The number of nitrogens with zero attached hydrogens (tertiary/aromatic N) is 1. The van der Waals surface area contributed by atoms with Crippen LogP contribution < -0.4 is 4.74 Å². The normalized spacial score (nSPS) is 10.7. The quantitative estimate of drug-likeness (QED) is 0.783. The molecule has 0 N–H and O–H groups in total. The Balaban J connectivity index is 3.23. The van der Waals surface area contributed by atoms with Gasteiger partial charge in [-0.05, 0) is 18.6 Å². The van der Waals surface area contributed by atoms with E-state index >= 15 is 0 Å². The minimum absolute atomic E-state index is 0.216. The first-order valence-electron chi connectivity index (χ1n) is 3.98. The first kappa shape index (κ1) is 11.4. The summed E-state index contributed by atoms with van der Waals surface area (Å²) in [6.07, 6.45) is -2.56. The predicted molar refractivity (Wildman–Crippen MR) is 53.1 cm³/mol. The molecule has 0 saturated heterocycles. The molecule has 1 aromatic heterocycles. The van der Waals surface area contributed by atoms with Crippen LogP contribution in [0.15, 0.2) is 6.07 Å². The number of ether oxygens (including phenoxy) is 1. The molecule has 0 amide bonds. The molecule has 5 heteroatoms. The maximum Gasteiger partial charge on any atom is 0.280 e. The third kappa shape index (κ3) is 2.20. The van der Waals surface area contributed by atoms with Crippen molar-refractivity contribution >= 4 is 15.9 Å². The maximum absolute atomic E-state index is 12.5. The molecule has 14 heavy (non-hydrogen) atoms. The van der Waals surface area contributed by atoms with E-state index in [9.17, 15) is 8.78 Å². The minimum Gasteiger partial charge on any atom is -0.481 e. The van der Waals surface area contributed by atoms with Crippen molar-refractivity contribution in [2.75, 3.05) is 7.11 Å². The van der Waals surface area contributed by atoms with Crippen LogP contribution in [-0.2, 0) is 5.33 Å². The van der Waals surface area contributed by atoms with E-state index in [4.69, 9.17) is 4.74 Å². The summed E-state index contributed by atoms with van der Waals surface area (Å²) >= 11 is 3.24. The third-order valence-corrected chi connectivity index (χ3v) is 2.44. The topological polar surface area (TPSA) is 22.1 Å². The number of hydrogen-bond donors (Lipinski definition) is 0. The molecule has 1 rings (SSSR count). The van der Waals surface area contributed by atoms with Gasteiger partial charge in [0.2, 0.25) is 5.88 Å². The second-order valence-corrected chi connectivity index (χ2v) is 3.35. The summed E-state index contributed by atoms with van der Waals surface area (Å²) in [4.78, 5) is 3.76. The van der Waals surface area contributed by atoms with Gasteiger partial charge in [-0.3, -0.25) is 0 Å². The standard InChI is InChI=1S/C9H10BrF2NO/c1-5-3-6(4-10)9(14-2)13-7(5)8(11)12/h3,8H,4H2,1-2H3. The van der Waals surface area contributed by atoms with E-state index in [0.29, 0.717) is 10.9 Å². The molecule has 1 heterocycles. The second kappa shape index (κ2) is 4.68. The van der Waals surface area contributed by atoms with E-state index in [1.165, 1.54) is 7.11 Å². The molecule has 0 atom stereocenters. The summed E-state index contributed by atoms with van der Waals surface area (Å²) in [7, 11) is 1.42. The van der Waals surface area contributed by atoms with Gasteiger partial charge >= 0.3 is 0 Å². The maximum atomic E-state index is 12.5. The first-order chi connectivity index (χ1) is 6.60. The average molecular weight is 266 g/mol. The highest BCUT2D eigenvalue weighted by Gasteiger charge is 2.16. The summed E-state index contributed by atoms with van der Waals surface area (Å²) < 4.78 is 29.8. The average Bonchev–Trinajstić information content (AvgIpc) is 2.16. The Kier molecular flexibility index (Phi) is 3.80. The van der Waals surface area contributed by atoms with E-state index in [-0.39, 0.29) is 11.6 Å². The van der Waals surface area contributed by atoms with E-state index in [2.05, 4.69) is 20.9 Å². The van der Waals surface area contributed by atoms with Crippen LogP contribution in [0.3, 0.4) is 0 Å². The molecule has 0 aliphatic rings. The van der Waals surface area contributed by atoms with Gasteiger partial charge in [0.1, 0.15) is 5.69 Å². The SMILES string of the molecule is COc1nc(C(F)F)c(C)cc1CBr. The zero-order valence-corrected chi connectivity index (χ0v) is 9.44. The van der Waals surface area contributed by atoms with Crippen molar-refractivity contribution in [1.29, 1.82) is 0 Å². The molecular weight excluding hydrogens is 256 g/mol. The highest BCUT2D eigenvalue weighted by molar-refractivity contribution is 9.08. The van der Waals surface area contributed by atoms with E-state index in [1.54, 1.807) is 13.0 Å². The van der Waals surface area contributed by atoms with Gasteiger partial charge < -0.3 is 4.74 Å².